The van der Waals surface area contributed by atoms with Gasteiger partial charge in [-0.1, -0.05) is 24.3 Å². The summed E-state index contributed by atoms with van der Waals surface area (Å²) in [7, 11) is -1.28. The highest BCUT2D eigenvalue weighted by atomic mass is 32.2. The van der Waals surface area contributed by atoms with Crippen molar-refractivity contribution in [2.75, 3.05) is 0 Å². The third-order valence-corrected chi connectivity index (χ3v) is 4.39. The Bertz CT molecular complexity index is 771. The monoisotopic (exact) mass is 300 g/mol. The van der Waals surface area contributed by atoms with Gasteiger partial charge in [-0.15, -0.1) is 0 Å². The minimum atomic E-state index is -1.28. The maximum atomic E-state index is 13.1. The molecule has 1 unspecified atom stereocenters. The van der Waals surface area contributed by atoms with Crippen LogP contribution in [0.2, 0.25) is 0 Å². The second-order valence-corrected chi connectivity index (χ2v) is 6.03. The molecule has 0 radical (unpaired) electrons. The molecule has 0 aliphatic heterocycles. The SMILES string of the molecule is O=S(Cc1cnn(-c2ccccc2)c1)c1cccc(F)c1. The van der Waals surface area contributed by atoms with Gasteiger partial charge in [-0.2, -0.15) is 5.10 Å². The predicted molar refractivity (Wildman–Crippen MR) is 80.1 cm³/mol. The zero-order valence-corrected chi connectivity index (χ0v) is 12.0. The number of hydrogen-bond acceptors (Lipinski definition) is 2. The molecule has 2 aromatic carbocycles. The quantitative estimate of drug-likeness (QED) is 0.741. The molecule has 1 atom stereocenters. The van der Waals surface area contributed by atoms with Gasteiger partial charge in [0.1, 0.15) is 5.82 Å². The van der Waals surface area contributed by atoms with Gasteiger partial charge >= 0.3 is 0 Å². The van der Waals surface area contributed by atoms with Crippen LogP contribution in [0, 0.1) is 5.82 Å². The van der Waals surface area contributed by atoms with Crippen LogP contribution in [0.15, 0.2) is 71.9 Å². The number of hydrogen-bond donors (Lipinski definition) is 0. The van der Waals surface area contributed by atoms with Crippen molar-refractivity contribution in [2.45, 2.75) is 10.6 Å². The van der Waals surface area contributed by atoms with Crippen LogP contribution in [0.4, 0.5) is 4.39 Å². The van der Waals surface area contributed by atoms with Crippen molar-refractivity contribution in [3.05, 3.63) is 78.4 Å². The second kappa shape index (κ2) is 6.01. The van der Waals surface area contributed by atoms with E-state index in [1.54, 1.807) is 23.0 Å². The molecular weight excluding hydrogens is 287 g/mol. The number of para-hydroxylation sites is 1. The molecule has 106 valence electrons. The predicted octanol–water partition coefficient (Wildman–Crippen LogP) is 3.32. The molecule has 5 heteroatoms. The molecule has 0 aliphatic rings. The van der Waals surface area contributed by atoms with Gasteiger partial charge in [-0.25, -0.2) is 9.07 Å². The Morgan fingerprint density at radius 3 is 2.67 bits per heavy atom. The Morgan fingerprint density at radius 2 is 1.90 bits per heavy atom. The van der Waals surface area contributed by atoms with Crippen molar-refractivity contribution in [3.8, 4) is 5.69 Å². The molecule has 0 aliphatic carbocycles. The average Bonchev–Trinajstić information content (AvgIpc) is 2.97. The zero-order valence-electron chi connectivity index (χ0n) is 11.1. The van der Waals surface area contributed by atoms with Gasteiger partial charge in [0.05, 0.1) is 28.4 Å². The van der Waals surface area contributed by atoms with E-state index in [1.165, 1.54) is 12.1 Å². The van der Waals surface area contributed by atoms with Crippen molar-refractivity contribution >= 4 is 10.8 Å². The van der Waals surface area contributed by atoms with Gasteiger partial charge < -0.3 is 0 Å². The lowest BCUT2D eigenvalue weighted by atomic mass is 10.3. The maximum absolute atomic E-state index is 13.1. The standard InChI is InChI=1S/C16H13FN2OS/c17-14-5-4-8-16(9-14)21(20)12-13-10-18-19(11-13)15-6-2-1-3-7-15/h1-11H,12H2. The highest BCUT2D eigenvalue weighted by molar-refractivity contribution is 7.84. The van der Waals surface area contributed by atoms with E-state index in [4.69, 9.17) is 0 Å². The van der Waals surface area contributed by atoms with Crippen LogP contribution < -0.4 is 0 Å². The largest absolute Gasteiger partial charge is 0.254 e. The molecule has 3 rings (SSSR count). The van der Waals surface area contributed by atoms with Gasteiger partial charge in [0.25, 0.3) is 0 Å². The van der Waals surface area contributed by atoms with E-state index >= 15 is 0 Å². The Morgan fingerprint density at radius 1 is 1.10 bits per heavy atom. The first-order valence-electron chi connectivity index (χ1n) is 6.45. The number of aromatic nitrogens is 2. The molecule has 1 heterocycles. The number of nitrogens with zero attached hydrogens (tertiary/aromatic N) is 2. The summed E-state index contributed by atoms with van der Waals surface area (Å²) in [5, 5.41) is 4.26. The lowest BCUT2D eigenvalue weighted by Gasteiger charge is -2.01. The lowest BCUT2D eigenvalue weighted by molar-refractivity contribution is 0.622. The summed E-state index contributed by atoms with van der Waals surface area (Å²) >= 11 is 0. The molecule has 0 saturated heterocycles. The zero-order chi connectivity index (χ0) is 14.7. The minimum absolute atomic E-state index is 0.316. The first-order chi connectivity index (χ1) is 10.2. The van der Waals surface area contributed by atoms with Gasteiger partial charge in [0, 0.05) is 16.7 Å². The molecule has 3 nitrogen and oxygen atoms in total. The summed E-state index contributed by atoms with van der Waals surface area (Å²) in [6.45, 7) is 0. The highest BCUT2D eigenvalue weighted by Crippen LogP contribution is 2.14. The molecule has 0 amide bonds. The van der Waals surface area contributed by atoms with Crippen molar-refractivity contribution < 1.29 is 8.60 Å². The normalized spacial score (nSPS) is 12.2. The Balaban J connectivity index is 1.77. The van der Waals surface area contributed by atoms with Crippen LogP contribution in [-0.2, 0) is 16.6 Å². The first-order valence-corrected chi connectivity index (χ1v) is 7.77. The van der Waals surface area contributed by atoms with E-state index in [-0.39, 0.29) is 5.82 Å². The Kier molecular flexibility index (Phi) is 3.92. The molecule has 0 spiro atoms. The fraction of sp³-hybridized carbons (Fsp3) is 0.0625. The molecule has 21 heavy (non-hydrogen) atoms. The molecule has 0 fully saturated rings. The summed E-state index contributed by atoms with van der Waals surface area (Å²) in [5.74, 6) is -0.0585. The van der Waals surface area contributed by atoms with Gasteiger partial charge in [0.2, 0.25) is 0 Å². The summed E-state index contributed by atoms with van der Waals surface area (Å²) < 4.78 is 27.1. The number of rotatable bonds is 4. The van der Waals surface area contributed by atoms with E-state index in [9.17, 15) is 8.60 Å². The third-order valence-electron chi connectivity index (χ3n) is 3.01. The Labute approximate surface area is 124 Å². The Hall–Kier alpha value is -2.27. The molecule has 0 N–H and O–H groups in total. The minimum Gasteiger partial charge on any atom is -0.254 e. The fourth-order valence-electron chi connectivity index (χ4n) is 2.00. The fourth-order valence-corrected chi connectivity index (χ4v) is 3.09. The molecular formula is C16H13FN2OS. The highest BCUT2D eigenvalue weighted by Gasteiger charge is 2.08. The third kappa shape index (κ3) is 3.25. The van der Waals surface area contributed by atoms with Crippen molar-refractivity contribution in [3.63, 3.8) is 0 Å². The summed E-state index contributed by atoms with van der Waals surface area (Å²) in [4.78, 5) is 0.488. The van der Waals surface area contributed by atoms with Crippen LogP contribution in [-0.4, -0.2) is 14.0 Å². The van der Waals surface area contributed by atoms with E-state index in [0.29, 0.717) is 10.6 Å². The van der Waals surface area contributed by atoms with Crippen LogP contribution >= 0.6 is 0 Å². The van der Waals surface area contributed by atoms with Gasteiger partial charge in [0.15, 0.2) is 0 Å². The molecule has 0 saturated carbocycles. The number of benzene rings is 2. The average molecular weight is 300 g/mol. The maximum Gasteiger partial charge on any atom is 0.124 e. The smallest absolute Gasteiger partial charge is 0.124 e. The van der Waals surface area contributed by atoms with E-state index in [1.807, 2.05) is 36.5 Å². The van der Waals surface area contributed by atoms with Gasteiger partial charge in [-0.3, -0.25) is 4.21 Å². The van der Waals surface area contributed by atoms with Crippen LogP contribution in [0.3, 0.4) is 0 Å². The van der Waals surface area contributed by atoms with E-state index < -0.39 is 10.8 Å². The van der Waals surface area contributed by atoms with Crippen LogP contribution in [0.5, 0.6) is 0 Å². The van der Waals surface area contributed by atoms with Crippen LogP contribution in [0.25, 0.3) is 5.69 Å². The summed E-state index contributed by atoms with van der Waals surface area (Å²) in [5.41, 5.74) is 1.79. The summed E-state index contributed by atoms with van der Waals surface area (Å²) in [6.07, 6.45) is 3.52. The van der Waals surface area contributed by atoms with E-state index in [2.05, 4.69) is 5.10 Å². The summed E-state index contributed by atoms with van der Waals surface area (Å²) in [6, 6.07) is 15.6. The van der Waals surface area contributed by atoms with Crippen molar-refractivity contribution in [1.82, 2.24) is 9.78 Å². The van der Waals surface area contributed by atoms with Crippen molar-refractivity contribution in [1.29, 1.82) is 0 Å². The molecule has 1 aromatic heterocycles. The second-order valence-electron chi connectivity index (χ2n) is 4.58. The van der Waals surface area contributed by atoms with E-state index in [0.717, 1.165) is 11.3 Å². The number of halogens is 1. The molecule has 3 aromatic rings. The topological polar surface area (TPSA) is 34.9 Å². The van der Waals surface area contributed by atoms with Crippen molar-refractivity contribution in [2.24, 2.45) is 0 Å². The lowest BCUT2D eigenvalue weighted by Crippen LogP contribution is -1.96. The van der Waals surface area contributed by atoms with Gasteiger partial charge in [-0.05, 0) is 30.3 Å². The molecule has 0 bridgehead atoms. The first kappa shape index (κ1) is 13.7. The van der Waals surface area contributed by atoms with Crippen LogP contribution in [0.1, 0.15) is 5.56 Å².